The van der Waals surface area contributed by atoms with Crippen molar-refractivity contribution < 1.29 is 14.3 Å². The van der Waals surface area contributed by atoms with Gasteiger partial charge in [0, 0.05) is 5.02 Å². The monoisotopic (exact) mass is 254 g/mol. The van der Waals surface area contributed by atoms with E-state index in [1.165, 1.54) is 0 Å². The molecule has 0 saturated heterocycles. The summed E-state index contributed by atoms with van der Waals surface area (Å²) in [7, 11) is 0. The summed E-state index contributed by atoms with van der Waals surface area (Å²) >= 11 is 5.78. The molecule has 0 spiro atoms. The maximum Gasteiger partial charge on any atom is 0.309 e. The zero-order valence-corrected chi connectivity index (χ0v) is 10.4. The van der Waals surface area contributed by atoms with E-state index in [0.717, 1.165) is 18.6 Å². The number of rotatable bonds is 4. The number of carbonyl (C=O) groups is 1. The first-order valence-corrected chi connectivity index (χ1v) is 6.15. The average molecular weight is 255 g/mol. The van der Waals surface area contributed by atoms with Gasteiger partial charge >= 0.3 is 5.97 Å². The van der Waals surface area contributed by atoms with E-state index >= 15 is 0 Å². The lowest BCUT2D eigenvalue weighted by Gasteiger charge is -2.33. The zero-order chi connectivity index (χ0) is 12.3. The van der Waals surface area contributed by atoms with Crippen LogP contribution in [-0.4, -0.2) is 18.7 Å². The van der Waals surface area contributed by atoms with Crippen LogP contribution in [0, 0.1) is 5.92 Å². The van der Waals surface area contributed by atoms with Gasteiger partial charge in [-0.1, -0.05) is 11.6 Å². The summed E-state index contributed by atoms with van der Waals surface area (Å²) in [6, 6.07) is 7.25. The molecule has 4 heteroatoms. The Morgan fingerprint density at radius 2 is 2.00 bits per heavy atom. The van der Waals surface area contributed by atoms with Crippen LogP contribution in [0.1, 0.15) is 19.8 Å². The molecule has 0 N–H and O–H groups in total. The molecule has 1 saturated carbocycles. The normalized spacial score (nSPS) is 22.7. The van der Waals surface area contributed by atoms with Crippen LogP contribution in [0.2, 0.25) is 5.02 Å². The molecule has 3 nitrogen and oxygen atoms in total. The van der Waals surface area contributed by atoms with Crippen LogP contribution in [0.3, 0.4) is 0 Å². The molecule has 1 aromatic carbocycles. The summed E-state index contributed by atoms with van der Waals surface area (Å²) in [5.74, 6) is 0.692. The van der Waals surface area contributed by atoms with E-state index in [-0.39, 0.29) is 18.0 Å². The van der Waals surface area contributed by atoms with E-state index in [2.05, 4.69) is 0 Å². The van der Waals surface area contributed by atoms with E-state index in [4.69, 9.17) is 21.1 Å². The van der Waals surface area contributed by atoms with Gasteiger partial charge in [-0.25, -0.2) is 0 Å². The molecule has 0 atom stereocenters. The largest absolute Gasteiger partial charge is 0.490 e. The Kier molecular flexibility index (Phi) is 3.89. The molecule has 0 aromatic heterocycles. The number of benzene rings is 1. The number of hydrogen-bond acceptors (Lipinski definition) is 3. The lowest BCUT2D eigenvalue weighted by molar-refractivity contribution is -0.154. The molecule has 0 bridgehead atoms. The van der Waals surface area contributed by atoms with Gasteiger partial charge in [0.2, 0.25) is 0 Å². The Bertz CT molecular complexity index is 382. The highest BCUT2D eigenvalue weighted by Gasteiger charge is 2.37. The Morgan fingerprint density at radius 1 is 1.35 bits per heavy atom. The number of carbonyl (C=O) groups excluding carboxylic acids is 1. The fourth-order valence-corrected chi connectivity index (χ4v) is 1.95. The minimum Gasteiger partial charge on any atom is -0.490 e. The second-order valence-corrected chi connectivity index (χ2v) is 4.55. The standard InChI is InChI=1S/C13H15ClO3/c1-2-16-13(15)9-7-12(8-9)17-11-5-3-10(14)4-6-11/h3-6,9,12H,2,7-8H2,1H3/t9-,12-. The molecule has 92 valence electrons. The van der Waals surface area contributed by atoms with Gasteiger partial charge in [0.25, 0.3) is 0 Å². The summed E-state index contributed by atoms with van der Waals surface area (Å²) in [6.07, 6.45) is 1.59. The van der Waals surface area contributed by atoms with Crippen molar-refractivity contribution in [2.24, 2.45) is 5.92 Å². The number of ether oxygens (including phenoxy) is 2. The van der Waals surface area contributed by atoms with Gasteiger partial charge in [-0.15, -0.1) is 0 Å². The highest BCUT2D eigenvalue weighted by Crippen LogP contribution is 2.32. The molecule has 1 aliphatic carbocycles. The van der Waals surface area contributed by atoms with Gasteiger partial charge in [-0.3, -0.25) is 4.79 Å². The molecule has 0 heterocycles. The van der Waals surface area contributed by atoms with E-state index in [9.17, 15) is 4.79 Å². The van der Waals surface area contributed by atoms with Crippen molar-refractivity contribution in [3.8, 4) is 5.75 Å². The van der Waals surface area contributed by atoms with Crippen molar-refractivity contribution in [2.45, 2.75) is 25.9 Å². The van der Waals surface area contributed by atoms with Gasteiger partial charge < -0.3 is 9.47 Å². The Morgan fingerprint density at radius 3 is 2.59 bits per heavy atom. The lowest BCUT2D eigenvalue weighted by Crippen LogP contribution is -2.39. The van der Waals surface area contributed by atoms with Gasteiger partial charge in [-0.05, 0) is 44.0 Å². The Hall–Kier alpha value is -1.22. The molecular weight excluding hydrogens is 240 g/mol. The molecule has 0 radical (unpaired) electrons. The molecule has 0 unspecified atom stereocenters. The van der Waals surface area contributed by atoms with E-state index in [1.54, 1.807) is 12.1 Å². The summed E-state index contributed by atoms with van der Waals surface area (Å²) in [4.78, 5) is 11.4. The predicted octanol–water partition coefficient (Wildman–Crippen LogP) is 3.06. The second-order valence-electron chi connectivity index (χ2n) is 4.11. The molecular formula is C13H15ClO3. The fraction of sp³-hybridized carbons (Fsp3) is 0.462. The van der Waals surface area contributed by atoms with Crippen LogP contribution in [-0.2, 0) is 9.53 Å². The fourth-order valence-electron chi connectivity index (χ4n) is 1.82. The molecule has 0 amide bonds. The smallest absolute Gasteiger partial charge is 0.309 e. The molecule has 2 rings (SSSR count). The third-order valence-corrected chi connectivity index (χ3v) is 3.08. The zero-order valence-electron chi connectivity index (χ0n) is 9.69. The molecule has 0 aliphatic heterocycles. The molecule has 17 heavy (non-hydrogen) atoms. The maximum absolute atomic E-state index is 11.4. The maximum atomic E-state index is 11.4. The van der Waals surface area contributed by atoms with Gasteiger partial charge in [0.1, 0.15) is 11.9 Å². The van der Waals surface area contributed by atoms with E-state index < -0.39 is 0 Å². The Labute approximate surface area is 106 Å². The number of hydrogen-bond donors (Lipinski definition) is 0. The molecule has 1 aliphatic rings. The second kappa shape index (κ2) is 5.41. The third-order valence-electron chi connectivity index (χ3n) is 2.83. The number of halogens is 1. The van der Waals surface area contributed by atoms with Crippen molar-refractivity contribution in [1.82, 2.24) is 0 Å². The van der Waals surface area contributed by atoms with E-state index in [1.807, 2.05) is 19.1 Å². The summed E-state index contributed by atoms with van der Waals surface area (Å²) < 4.78 is 10.6. The van der Waals surface area contributed by atoms with Gasteiger partial charge in [0.15, 0.2) is 0 Å². The third kappa shape index (κ3) is 3.13. The summed E-state index contributed by atoms with van der Waals surface area (Å²) in [5.41, 5.74) is 0. The van der Waals surface area contributed by atoms with E-state index in [0.29, 0.717) is 11.6 Å². The summed E-state index contributed by atoms with van der Waals surface area (Å²) in [5, 5.41) is 0.690. The highest BCUT2D eigenvalue weighted by atomic mass is 35.5. The van der Waals surface area contributed by atoms with Crippen LogP contribution in [0.5, 0.6) is 5.75 Å². The minimum absolute atomic E-state index is 0.00671. The SMILES string of the molecule is CCOC(=O)[C@H]1C[C@H](Oc2ccc(Cl)cc2)C1. The lowest BCUT2D eigenvalue weighted by atomic mass is 9.82. The van der Waals surface area contributed by atoms with Crippen molar-refractivity contribution >= 4 is 17.6 Å². The predicted molar refractivity (Wildman–Crippen MR) is 65.2 cm³/mol. The van der Waals surface area contributed by atoms with Crippen LogP contribution >= 0.6 is 11.6 Å². The number of esters is 1. The van der Waals surface area contributed by atoms with Crippen LogP contribution < -0.4 is 4.74 Å². The first-order valence-electron chi connectivity index (χ1n) is 5.78. The average Bonchev–Trinajstić information content (AvgIpc) is 2.25. The summed E-state index contributed by atoms with van der Waals surface area (Å²) in [6.45, 7) is 2.26. The van der Waals surface area contributed by atoms with Crippen molar-refractivity contribution in [3.63, 3.8) is 0 Å². The van der Waals surface area contributed by atoms with Crippen LogP contribution in [0.4, 0.5) is 0 Å². The minimum atomic E-state index is -0.108. The quantitative estimate of drug-likeness (QED) is 0.775. The van der Waals surface area contributed by atoms with Crippen molar-refractivity contribution in [1.29, 1.82) is 0 Å². The van der Waals surface area contributed by atoms with Crippen molar-refractivity contribution in [2.75, 3.05) is 6.61 Å². The molecule has 1 fully saturated rings. The first kappa shape index (κ1) is 12.2. The molecule has 1 aromatic rings. The van der Waals surface area contributed by atoms with Gasteiger partial charge in [0.05, 0.1) is 12.5 Å². The van der Waals surface area contributed by atoms with Gasteiger partial charge in [-0.2, -0.15) is 0 Å². The van der Waals surface area contributed by atoms with Crippen molar-refractivity contribution in [3.05, 3.63) is 29.3 Å². The highest BCUT2D eigenvalue weighted by molar-refractivity contribution is 6.30. The Balaban J connectivity index is 1.77. The topological polar surface area (TPSA) is 35.5 Å². The van der Waals surface area contributed by atoms with Crippen LogP contribution in [0.15, 0.2) is 24.3 Å². The first-order chi connectivity index (χ1) is 8.19. The van der Waals surface area contributed by atoms with Crippen LogP contribution in [0.25, 0.3) is 0 Å².